The second-order valence-electron chi connectivity index (χ2n) is 5.92. The average molecular weight is 367 g/mol. The van der Waals surface area contributed by atoms with Crippen molar-refractivity contribution in [3.05, 3.63) is 58.3 Å². The second kappa shape index (κ2) is 8.14. The summed E-state index contributed by atoms with van der Waals surface area (Å²) >= 11 is 0. The van der Waals surface area contributed by atoms with Crippen LogP contribution in [0.15, 0.2) is 42.6 Å². The summed E-state index contributed by atoms with van der Waals surface area (Å²) in [4.78, 5) is 30.3. The number of pyridine rings is 1. The number of nitrogens with zero attached hydrogens (tertiary/aromatic N) is 5. The molecule has 1 fully saturated rings. The smallest absolute Gasteiger partial charge is 0.287 e. The summed E-state index contributed by atoms with van der Waals surface area (Å²) in [7, 11) is 0. The van der Waals surface area contributed by atoms with Gasteiger partial charge in [0.2, 0.25) is 0 Å². The lowest BCUT2D eigenvalue weighted by atomic mass is 10.2. The Labute approximate surface area is 155 Å². The Kier molecular flexibility index (Phi) is 5.47. The van der Waals surface area contributed by atoms with Crippen LogP contribution in [0.1, 0.15) is 5.56 Å². The minimum absolute atomic E-state index is 0.0486. The number of aromatic nitrogens is 1. The molecule has 1 aliphatic rings. The van der Waals surface area contributed by atoms with Gasteiger partial charge in [-0.1, -0.05) is 0 Å². The van der Waals surface area contributed by atoms with E-state index in [1.165, 1.54) is 12.3 Å². The van der Waals surface area contributed by atoms with Crippen molar-refractivity contribution in [2.24, 2.45) is 0 Å². The zero-order valence-electron chi connectivity index (χ0n) is 14.4. The van der Waals surface area contributed by atoms with E-state index in [9.17, 15) is 14.9 Å². The molecule has 1 aromatic heterocycles. The number of ether oxygens (including phenoxy) is 1. The van der Waals surface area contributed by atoms with Crippen molar-refractivity contribution in [1.82, 2.24) is 9.88 Å². The van der Waals surface area contributed by atoms with Crippen LogP contribution in [0.4, 0.5) is 11.5 Å². The topological polar surface area (TPSA) is 113 Å². The maximum absolute atomic E-state index is 12.3. The Hall–Kier alpha value is -3.67. The van der Waals surface area contributed by atoms with Crippen LogP contribution in [0.25, 0.3) is 0 Å². The largest absolute Gasteiger partial charge is 0.484 e. The first-order valence-corrected chi connectivity index (χ1v) is 8.33. The Morgan fingerprint density at radius 2 is 1.89 bits per heavy atom. The molecule has 1 amide bonds. The molecule has 9 heteroatoms. The summed E-state index contributed by atoms with van der Waals surface area (Å²) in [5.74, 6) is 1.08. The Morgan fingerprint density at radius 3 is 2.44 bits per heavy atom. The molecule has 1 aromatic carbocycles. The first-order chi connectivity index (χ1) is 13.1. The van der Waals surface area contributed by atoms with Crippen molar-refractivity contribution in [1.29, 1.82) is 5.26 Å². The van der Waals surface area contributed by atoms with Gasteiger partial charge in [0.15, 0.2) is 6.61 Å². The molecule has 0 radical (unpaired) electrons. The Balaban J connectivity index is 1.48. The minimum atomic E-state index is -0.485. The number of nitro groups is 1. The molecule has 2 aromatic rings. The van der Waals surface area contributed by atoms with E-state index >= 15 is 0 Å². The summed E-state index contributed by atoms with van der Waals surface area (Å²) in [6.07, 6.45) is 1.23. The van der Waals surface area contributed by atoms with Gasteiger partial charge in [-0.15, -0.1) is 0 Å². The number of piperazine rings is 1. The molecule has 138 valence electrons. The molecule has 2 heterocycles. The SMILES string of the molecule is N#Cc1ccc(OCC(=O)N2CCN(c3ccc([N+](=O)[O-])cn3)CC2)cc1. The van der Waals surface area contributed by atoms with Gasteiger partial charge in [0.1, 0.15) is 17.8 Å². The van der Waals surface area contributed by atoms with Crippen LogP contribution in [0, 0.1) is 21.4 Å². The predicted molar refractivity (Wildman–Crippen MR) is 96.3 cm³/mol. The van der Waals surface area contributed by atoms with E-state index in [0.717, 1.165) is 0 Å². The molecule has 0 aliphatic carbocycles. The van der Waals surface area contributed by atoms with Gasteiger partial charge < -0.3 is 14.5 Å². The maximum atomic E-state index is 12.3. The zero-order valence-corrected chi connectivity index (χ0v) is 14.4. The third-order valence-electron chi connectivity index (χ3n) is 4.25. The Morgan fingerprint density at radius 1 is 1.19 bits per heavy atom. The highest BCUT2D eigenvalue weighted by Crippen LogP contribution is 2.17. The van der Waals surface area contributed by atoms with Crippen LogP contribution < -0.4 is 9.64 Å². The fourth-order valence-electron chi connectivity index (χ4n) is 2.72. The van der Waals surface area contributed by atoms with Gasteiger partial charge in [0.25, 0.3) is 11.6 Å². The number of benzene rings is 1. The first-order valence-electron chi connectivity index (χ1n) is 8.33. The monoisotopic (exact) mass is 367 g/mol. The van der Waals surface area contributed by atoms with Crippen molar-refractivity contribution in [2.75, 3.05) is 37.7 Å². The van der Waals surface area contributed by atoms with E-state index in [4.69, 9.17) is 10.00 Å². The van der Waals surface area contributed by atoms with Gasteiger partial charge in [-0.25, -0.2) is 4.98 Å². The van der Waals surface area contributed by atoms with Crippen LogP contribution >= 0.6 is 0 Å². The highest BCUT2D eigenvalue weighted by Gasteiger charge is 2.22. The number of nitriles is 1. The van der Waals surface area contributed by atoms with Gasteiger partial charge in [-0.2, -0.15) is 5.26 Å². The molecule has 1 saturated heterocycles. The number of hydrogen-bond donors (Lipinski definition) is 0. The van der Waals surface area contributed by atoms with Crippen LogP contribution in [0.2, 0.25) is 0 Å². The highest BCUT2D eigenvalue weighted by atomic mass is 16.6. The molecule has 0 unspecified atom stereocenters. The summed E-state index contributed by atoms with van der Waals surface area (Å²) in [5, 5.41) is 19.5. The van der Waals surface area contributed by atoms with Gasteiger partial charge >= 0.3 is 0 Å². The van der Waals surface area contributed by atoms with Crippen LogP contribution in [-0.2, 0) is 4.79 Å². The van der Waals surface area contributed by atoms with E-state index < -0.39 is 4.92 Å². The van der Waals surface area contributed by atoms with Crippen LogP contribution in [0.3, 0.4) is 0 Å². The molecular formula is C18H17N5O4. The summed E-state index contributed by atoms with van der Waals surface area (Å²) in [6.45, 7) is 2.16. The molecule has 0 N–H and O–H groups in total. The van der Waals surface area contributed by atoms with Crippen molar-refractivity contribution >= 4 is 17.4 Å². The lowest BCUT2D eigenvalue weighted by Gasteiger charge is -2.35. The fourth-order valence-corrected chi connectivity index (χ4v) is 2.72. The number of hydrogen-bond acceptors (Lipinski definition) is 7. The first kappa shape index (κ1) is 18.1. The molecular weight excluding hydrogens is 350 g/mol. The summed E-state index contributed by atoms with van der Waals surface area (Å²) < 4.78 is 5.48. The lowest BCUT2D eigenvalue weighted by molar-refractivity contribution is -0.385. The van der Waals surface area contributed by atoms with Gasteiger partial charge in [0, 0.05) is 32.2 Å². The van der Waals surface area contributed by atoms with E-state index in [0.29, 0.717) is 43.3 Å². The fraction of sp³-hybridized carbons (Fsp3) is 0.278. The van der Waals surface area contributed by atoms with E-state index in [-0.39, 0.29) is 18.2 Å². The zero-order chi connectivity index (χ0) is 19.2. The number of anilines is 1. The standard InChI is InChI=1S/C18H17N5O4/c19-11-14-1-4-16(5-2-14)27-13-18(24)22-9-7-21(8-10-22)17-6-3-15(12-20-17)23(25)26/h1-6,12H,7-10,13H2. The number of amides is 1. The second-order valence-corrected chi connectivity index (χ2v) is 5.92. The molecule has 0 atom stereocenters. The van der Waals surface area contributed by atoms with E-state index in [2.05, 4.69) is 4.98 Å². The van der Waals surface area contributed by atoms with Crippen molar-refractivity contribution in [3.8, 4) is 11.8 Å². The predicted octanol–water partition coefficient (Wildman–Crippen LogP) is 1.59. The number of carbonyl (C=O) groups excluding carboxylic acids is 1. The molecule has 27 heavy (non-hydrogen) atoms. The molecule has 0 spiro atoms. The maximum Gasteiger partial charge on any atom is 0.287 e. The van der Waals surface area contributed by atoms with Crippen LogP contribution in [-0.4, -0.2) is 53.5 Å². The normalized spacial score (nSPS) is 13.7. The third kappa shape index (κ3) is 4.49. The molecule has 3 rings (SSSR count). The molecule has 1 aliphatic heterocycles. The van der Waals surface area contributed by atoms with Gasteiger partial charge in [-0.3, -0.25) is 14.9 Å². The molecule has 0 bridgehead atoms. The minimum Gasteiger partial charge on any atom is -0.484 e. The van der Waals surface area contributed by atoms with Crippen molar-refractivity contribution < 1.29 is 14.5 Å². The van der Waals surface area contributed by atoms with Crippen molar-refractivity contribution in [3.63, 3.8) is 0 Å². The third-order valence-corrected chi connectivity index (χ3v) is 4.25. The van der Waals surface area contributed by atoms with Gasteiger partial charge in [-0.05, 0) is 30.3 Å². The molecule has 9 nitrogen and oxygen atoms in total. The molecule has 0 saturated carbocycles. The van der Waals surface area contributed by atoms with E-state index in [1.54, 1.807) is 35.2 Å². The number of rotatable bonds is 5. The van der Waals surface area contributed by atoms with Crippen LogP contribution in [0.5, 0.6) is 5.75 Å². The number of carbonyl (C=O) groups is 1. The highest BCUT2D eigenvalue weighted by molar-refractivity contribution is 5.78. The quantitative estimate of drug-likeness (QED) is 0.582. The van der Waals surface area contributed by atoms with Crippen molar-refractivity contribution in [2.45, 2.75) is 0 Å². The Bertz CT molecular complexity index is 853. The van der Waals surface area contributed by atoms with E-state index in [1.807, 2.05) is 11.0 Å². The summed E-state index contributed by atoms with van der Waals surface area (Å²) in [5.41, 5.74) is 0.483. The summed E-state index contributed by atoms with van der Waals surface area (Å²) in [6, 6.07) is 11.6. The lowest BCUT2D eigenvalue weighted by Crippen LogP contribution is -2.50. The average Bonchev–Trinajstić information content (AvgIpc) is 2.72. The van der Waals surface area contributed by atoms with Gasteiger partial charge in [0.05, 0.1) is 16.6 Å².